The summed E-state index contributed by atoms with van der Waals surface area (Å²) in [6.07, 6.45) is 6.31. The highest BCUT2D eigenvalue weighted by atomic mass is 16.6. The van der Waals surface area contributed by atoms with Gasteiger partial charge in [-0.1, -0.05) is 83.5 Å². The van der Waals surface area contributed by atoms with Crippen LogP contribution in [0.15, 0.2) is 74.9 Å². The highest BCUT2D eigenvalue weighted by Gasteiger charge is 2.63. The summed E-state index contributed by atoms with van der Waals surface area (Å²) in [6.45, 7) is 37.8. The molecule has 2 fully saturated rings. The lowest BCUT2D eigenvalue weighted by Gasteiger charge is -2.38. The standard InChI is InChI=1S/C22H28O2.C21H32O6/c1-14(2)16-7-9-17(10-8-16)15(3)20(23)24-19-13-18-11-12-22(19,6)21(18,4)5;1-10-16(22)25-20(7,8)12-13-21(9,26-17(23)11-2)14-15(3)18(24)27-19(4,5)6/h7-10,18-19H,1,3,11-13H2,2,4-6H3;10-11H,1-3,12-14H2,4-9H3. The largest absolute Gasteiger partial charge is 0.458 e. The molecule has 8 nitrogen and oxygen atoms in total. The summed E-state index contributed by atoms with van der Waals surface area (Å²) < 4.78 is 22.0. The molecule has 4 atom stereocenters. The Morgan fingerprint density at radius 3 is 1.78 bits per heavy atom. The third-order valence-electron chi connectivity index (χ3n) is 10.5. The smallest absolute Gasteiger partial charge is 0.338 e. The minimum absolute atomic E-state index is 0.00481. The molecule has 8 heteroatoms. The van der Waals surface area contributed by atoms with Crippen molar-refractivity contribution in [2.24, 2.45) is 16.7 Å². The van der Waals surface area contributed by atoms with Gasteiger partial charge in [-0.3, -0.25) is 0 Å². The minimum Gasteiger partial charge on any atom is -0.458 e. The van der Waals surface area contributed by atoms with Crippen LogP contribution in [0, 0.1) is 16.7 Å². The van der Waals surface area contributed by atoms with Crippen molar-refractivity contribution in [3.63, 3.8) is 0 Å². The Hall–Kier alpha value is -4.20. The van der Waals surface area contributed by atoms with Gasteiger partial charge in [0.05, 0.1) is 5.57 Å². The van der Waals surface area contributed by atoms with Gasteiger partial charge in [0.2, 0.25) is 0 Å². The molecule has 0 radical (unpaired) electrons. The van der Waals surface area contributed by atoms with E-state index in [9.17, 15) is 19.2 Å². The molecule has 0 aromatic heterocycles. The van der Waals surface area contributed by atoms with Crippen LogP contribution in [0.5, 0.6) is 0 Å². The Morgan fingerprint density at radius 2 is 1.33 bits per heavy atom. The summed E-state index contributed by atoms with van der Waals surface area (Å²) in [5.74, 6) is -1.34. The van der Waals surface area contributed by atoms with Crippen molar-refractivity contribution in [1.82, 2.24) is 0 Å². The molecule has 2 bridgehead atoms. The monoisotopic (exact) mass is 704 g/mol. The maximum Gasteiger partial charge on any atom is 0.338 e. The van der Waals surface area contributed by atoms with Crippen molar-refractivity contribution < 1.29 is 38.1 Å². The molecule has 0 saturated heterocycles. The molecule has 0 spiro atoms. The zero-order valence-corrected chi connectivity index (χ0v) is 32.7. The number of allylic oxidation sites excluding steroid dienone is 1. The van der Waals surface area contributed by atoms with E-state index in [2.05, 4.69) is 53.7 Å². The van der Waals surface area contributed by atoms with Gasteiger partial charge in [0.25, 0.3) is 0 Å². The van der Waals surface area contributed by atoms with Crippen LogP contribution < -0.4 is 0 Å². The molecule has 1 aromatic carbocycles. The molecule has 0 heterocycles. The summed E-state index contributed by atoms with van der Waals surface area (Å²) in [4.78, 5) is 48.1. The maximum atomic E-state index is 12.6. The Balaban J connectivity index is 0.000000355. The van der Waals surface area contributed by atoms with E-state index in [0.29, 0.717) is 24.3 Å². The first kappa shape index (κ1) is 43.0. The summed E-state index contributed by atoms with van der Waals surface area (Å²) in [5.41, 5.74) is 1.33. The lowest BCUT2D eigenvalue weighted by atomic mass is 9.70. The van der Waals surface area contributed by atoms with E-state index in [1.54, 1.807) is 41.5 Å². The quantitative estimate of drug-likeness (QED) is 0.107. The number of hydrogen-bond acceptors (Lipinski definition) is 8. The minimum atomic E-state index is -1.04. The fourth-order valence-corrected chi connectivity index (χ4v) is 6.85. The van der Waals surface area contributed by atoms with E-state index >= 15 is 0 Å². The molecule has 280 valence electrons. The molecular formula is C43H60O8. The number of carbonyl (C=O) groups excluding carboxylic acids is 4. The molecule has 4 unspecified atom stereocenters. The highest BCUT2D eigenvalue weighted by Crippen LogP contribution is 2.66. The zero-order chi connectivity index (χ0) is 39.2. The second-order valence-corrected chi connectivity index (χ2v) is 16.6. The van der Waals surface area contributed by atoms with Gasteiger partial charge < -0.3 is 18.9 Å². The van der Waals surface area contributed by atoms with Crippen molar-refractivity contribution >= 4 is 35.0 Å². The molecule has 0 amide bonds. The van der Waals surface area contributed by atoms with Gasteiger partial charge in [-0.2, -0.15) is 0 Å². The Kier molecular flexibility index (Phi) is 13.8. The van der Waals surface area contributed by atoms with Crippen molar-refractivity contribution in [2.45, 2.75) is 131 Å². The summed E-state index contributed by atoms with van der Waals surface area (Å²) >= 11 is 0. The van der Waals surface area contributed by atoms with E-state index in [0.717, 1.165) is 41.7 Å². The van der Waals surface area contributed by atoms with Gasteiger partial charge >= 0.3 is 23.9 Å². The van der Waals surface area contributed by atoms with Gasteiger partial charge in [0.1, 0.15) is 22.9 Å². The third kappa shape index (κ3) is 11.4. The Labute approximate surface area is 306 Å². The number of fused-ring (bicyclic) bond motifs is 2. The van der Waals surface area contributed by atoms with Crippen LogP contribution >= 0.6 is 0 Å². The molecule has 0 N–H and O–H groups in total. The zero-order valence-electron chi connectivity index (χ0n) is 32.7. The number of esters is 4. The van der Waals surface area contributed by atoms with Crippen LogP contribution in [0.4, 0.5) is 0 Å². The first-order valence-corrected chi connectivity index (χ1v) is 17.6. The Morgan fingerprint density at radius 1 is 0.804 bits per heavy atom. The van der Waals surface area contributed by atoms with Crippen LogP contribution in [0.1, 0.15) is 119 Å². The molecular weight excluding hydrogens is 644 g/mol. The number of hydrogen-bond donors (Lipinski definition) is 0. The first-order chi connectivity index (χ1) is 23.3. The average Bonchev–Trinajstić information content (AvgIpc) is 3.36. The van der Waals surface area contributed by atoms with Gasteiger partial charge in [0, 0.05) is 29.6 Å². The number of benzene rings is 1. The average molecular weight is 705 g/mol. The van der Waals surface area contributed by atoms with E-state index in [1.807, 2.05) is 31.2 Å². The summed E-state index contributed by atoms with van der Waals surface area (Å²) in [7, 11) is 0. The normalized spacial score (nSPS) is 21.5. The van der Waals surface area contributed by atoms with Crippen molar-refractivity contribution in [3.8, 4) is 0 Å². The van der Waals surface area contributed by atoms with Gasteiger partial charge in [0.15, 0.2) is 0 Å². The predicted octanol–water partition coefficient (Wildman–Crippen LogP) is 9.54. The fraction of sp³-hybridized carbons (Fsp3) is 0.535. The number of ether oxygens (including phenoxy) is 4. The number of carbonyl (C=O) groups is 4. The second kappa shape index (κ2) is 16.4. The molecule has 2 saturated carbocycles. The molecule has 1 aromatic rings. The van der Waals surface area contributed by atoms with Crippen LogP contribution in [0.3, 0.4) is 0 Å². The fourth-order valence-electron chi connectivity index (χ4n) is 6.85. The van der Waals surface area contributed by atoms with E-state index in [-0.39, 0.29) is 34.9 Å². The lowest BCUT2D eigenvalue weighted by Crippen LogP contribution is -2.38. The van der Waals surface area contributed by atoms with Gasteiger partial charge in [-0.05, 0) is 103 Å². The van der Waals surface area contributed by atoms with E-state index in [4.69, 9.17) is 18.9 Å². The molecule has 3 rings (SSSR count). The van der Waals surface area contributed by atoms with Crippen LogP contribution in [0.2, 0.25) is 0 Å². The van der Waals surface area contributed by atoms with E-state index < -0.39 is 34.7 Å². The van der Waals surface area contributed by atoms with Gasteiger partial charge in [-0.15, -0.1) is 0 Å². The molecule has 2 aliphatic carbocycles. The Bertz CT molecular complexity index is 1540. The molecule has 0 aliphatic heterocycles. The second-order valence-electron chi connectivity index (χ2n) is 16.6. The predicted molar refractivity (Wildman–Crippen MR) is 203 cm³/mol. The van der Waals surface area contributed by atoms with Crippen molar-refractivity contribution in [1.29, 1.82) is 0 Å². The molecule has 2 aliphatic rings. The number of rotatable bonds is 14. The van der Waals surface area contributed by atoms with Crippen molar-refractivity contribution in [3.05, 3.63) is 86.0 Å². The first-order valence-electron chi connectivity index (χ1n) is 17.6. The van der Waals surface area contributed by atoms with Gasteiger partial charge in [-0.25, -0.2) is 19.2 Å². The summed E-state index contributed by atoms with van der Waals surface area (Å²) in [5, 5.41) is 0. The topological polar surface area (TPSA) is 105 Å². The van der Waals surface area contributed by atoms with Crippen LogP contribution in [0.25, 0.3) is 11.1 Å². The SMILES string of the molecule is C=C(C)c1ccc(C(=C)C(=O)OC2CC3CCC2(C)C3(C)C)cc1.C=CC(=O)OC(C)(C)CCC(C)(CC(=C)C(=O)OC(C)(C)C)OC(=O)C=C. The van der Waals surface area contributed by atoms with E-state index in [1.165, 1.54) is 6.42 Å². The van der Waals surface area contributed by atoms with Crippen LogP contribution in [-0.2, 0) is 38.1 Å². The van der Waals surface area contributed by atoms with Crippen LogP contribution in [-0.4, -0.2) is 46.8 Å². The van der Waals surface area contributed by atoms with Crippen molar-refractivity contribution in [2.75, 3.05) is 0 Å². The highest BCUT2D eigenvalue weighted by molar-refractivity contribution is 6.15. The third-order valence-corrected chi connectivity index (χ3v) is 10.5. The lowest BCUT2D eigenvalue weighted by molar-refractivity contribution is -0.160. The summed E-state index contributed by atoms with van der Waals surface area (Å²) in [6, 6.07) is 7.77. The molecule has 51 heavy (non-hydrogen) atoms. The maximum absolute atomic E-state index is 12.6.